The standard InChI is InChI=1S/C9H18N2O2/c1-4-5-6-13-7-9(2,3)8(12)11-10/h4-5H,6-7,10H2,1-3H3,(H,11,12). The van der Waals surface area contributed by atoms with Crippen molar-refractivity contribution in [1.82, 2.24) is 5.43 Å². The second-order valence-corrected chi connectivity index (χ2v) is 3.44. The maximum Gasteiger partial charge on any atom is 0.241 e. The summed E-state index contributed by atoms with van der Waals surface area (Å²) in [6, 6.07) is 0. The average Bonchev–Trinajstić information content (AvgIpc) is 2.11. The Kier molecular flexibility index (Phi) is 5.34. The maximum atomic E-state index is 11.2. The van der Waals surface area contributed by atoms with Crippen molar-refractivity contribution in [2.75, 3.05) is 13.2 Å². The van der Waals surface area contributed by atoms with Crippen molar-refractivity contribution in [2.24, 2.45) is 11.3 Å². The Bertz CT molecular complexity index is 188. The molecule has 0 aliphatic rings. The predicted octanol–water partition coefficient (Wildman–Crippen LogP) is 0.595. The summed E-state index contributed by atoms with van der Waals surface area (Å²) in [6.07, 6.45) is 3.78. The summed E-state index contributed by atoms with van der Waals surface area (Å²) in [4.78, 5) is 11.2. The van der Waals surface area contributed by atoms with E-state index in [4.69, 9.17) is 10.6 Å². The number of carbonyl (C=O) groups excluding carboxylic acids is 1. The van der Waals surface area contributed by atoms with E-state index in [1.165, 1.54) is 0 Å². The fourth-order valence-corrected chi connectivity index (χ4v) is 0.739. The van der Waals surface area contributed by atoms with Crippen LogP contribution in [0.5, 0.6) is 0 Å². The normalized spacial score (nSPS) is 12.0. The van der Waals surface area contributed by atoms with E-state index in [1.54, 1.807) is 13.8 Å². The first-order chi connectivity index (χ1) is 6.04. The minimum absolute atomic E-state index is 0.215. The molecule has 4 heteroatoms. The first kappa shape index (κ1) is 12.1. The highest BCUT2D eigenvalue weighted by atomic mass is 16.5. The molecule has 0 aromatic carbocycles. The minimum Gasteiger partial charge on any atom is -0.376 e. The predicted molar refractivity (Wildman–Crippen MR) is 51.7 cm³/mol. The maximum absolute atomic E-state index is 11.2. The van der Waals surface area contributed by atoms with E-state index in [2.05, 4.69) is 5.43 Å². The molecule has 0 fully saturated rings. The van der Waals surface area contributed by atoms with Crippen LogP contribution in [0.1, 0.15) is 20.8 Å². The van der Waals surface area contributed by atoms with Gasteiger partial charge < -0.3 is 4.74 Å². The zero-order valence-corrected chi connectivity index (χ0v) is 8.46. The summed E-state index contributed by atoms with van der Waals surface area (Å²) < 4.78 is 5.26. The van der Waals surface area contributed by atoms with E-state index < -0.39 is 5.41 Å². The fraction of sp³-hybridized carbons (Fsp3) is 0.667. The largest absolute Gasteiger partial charge is 0.376 e. The van der Waals surface area contributed by atoms with Gasteiger partial charge in [0, 0.05) is 0 Å². The molecular formula is C9H18N2O2. The third kappa shape index (κ3) is 4.65. The fourth-order valence-electron chi connectivity index (χ4n) is 0.739. The quantitative estimate of drug-likeness (QED) is 0.217. The monoisotopic (exact) mass is 186 g/mol. The number of ether oxygens (including phenoxy) is 1. The number of amides is 1. The topological polar surface area (TPSA) is 64.3 Å². The van der Waals surface area contributed by atoms with Crippen LogP contribution >= 0.6 is 0 Å². The molecule has 4 nitrogen and oxygen atoms in total. The molecule has 0 aliphatic carbocycles. The lowest BCUT2D eigenvalue weighted by molar-refractivity contribution is -0.132. The molecule has 0 aromatic rings. The van der Waals surface area contributed by atoms with Gasteiger partial charge in [0.25, 0.3) is 0 Å². The first-order valence-electron chi connectivity index (χ1n) is 4.24. The lowest BCUT2D eigenvalue weighted by atomic mass is 9.94. The van der Waals surface area contributed by atoms with Gasteiger partial charge in [-0.3, -0.25) is 10.2 Å². The number of rotatable bonds is 5. The van der Waals surface area contributed by atoms with Crippen LogP contribution in [0, 0.1) is 5.41 Å². The number of hydrogen-bond acceptors (Lipinski definition) is 3. The van der Waals surface area contributed by atoms with Crippen molar-refractivity contribution < 1.29 is 9.53 Å². The van der Waals surface area contributed by atoms with Gasteiger partial charge in [0.2, 0.25) is 5.91 Å². The summed E-state index contributed by atoms with van der Waals surface area (Å²) in [5, 5.41) is 0. The molecule has 0 bridgehead atoms. The molecule has 0 aliphatic heterocycles. The molecular weight excluding hydrogens is 168 g/mol. The van der Waals surface area contributed by atoms with Crippen LogP contribution in [-0.4, -0.2) is 19.1 Å². The number of hydrogen-bond donors (Lipinski definition) is 2. The molecule has 0 heterocycles. The molecule has 0 unspecified atom stereocenters. The lowest BCUT2D eigenvalue weighted by Gasteiger charge is -2.21. The van der Waals surface area contributed by atoms with Gasteiger partial charge in [0.15, 0.2) is 0 Å². The van der Waals surface area contributed by atoms with Gasteiger partial charge in [-0.1, -0.05) is 12.2 Å². The third-order valence-corrected chi connectivity index (χ3v) is 1.66. The Morgan fingerprint density at radius 2 is 2.23 bits per heavy atom. The van der Waals surface area contributed by atoms with Crippen LogP contribution in [0.4, 0.5) is 0 Å². The SMILES string of the molecule is CC=CCOCC(C)(C)C(=O)NN. The summed E-state index contributed by atoms with van der Waals surface area (Å²) in [6.45, 7) is 6.37. The highest BCUT2D eigenvalue weighted by molar-refractivity contribution is 5.81. The van der Waals surface area contributed by atoms with E-state index in [0.717, 1.165) is 0 Å². The molecule has 13 heavy (non-hydrogen) atoms. The van der Waals surface area contributed by atoms with Crippen molar-refractivity contribution in [2.45, 2.75) is 20.8 Å². The van der Waals surface area contributed by atoms with Gasteiger partial charge in [-0.15, -0.1) is 0 Å². The summed E-state index contributed by atoms with van der Waals surface area (Å²) in [5.74, 6) is 4.80. The van der Waals surface area contributed by atoms with Crippen LogP contribution in [0.25, 0.3) is 0 Å². The second kappa shape index (κ2) is 5.72. The number of hydrazine groups is 1. The number of allylic oxidation sites excluding steroid dienone is 1. The summed E-state index contributed by atoms with van der Waals surface area (Å²) in [5.41, 5.74) is 1.54. The molecule has 3 N–H and O–H groups in total. The Labute approximate surface area is 79.1 Å². The smallest absolute Gasteiger partial charge is 0.241 e. The molecule has 0 aromatic heterocycles. The average molecular weight is 186 g/mol. The van der Waals surface area contributed by atoms with Crippen molar-refractivity contribution in [3.8, 4) is 0 Å². The van der Waals surface area contributed by atoms with Crippen LogP contribution < -0.4 is 11.3 Å². The van der Waals surface area contributed by atoms with Gasteiger partial charge in [-0.25, -0.2) is 5.84 Å². The molecule has 0 spiro atoms. The van der Waals surface area contributed by atoms with E-state index in [-0.39, 0.29) is 5.91 Å². The first-order valence-corrected chi connectivity index (χ1v) is 4.24. The molecule has 0 saturated heterocycles. The Hall–Kier alpha value is -0.870. The van der Waals surface area contributed by atoms with Crippen molar-refractivity contribution >= 4 is 5.91 Å². The number of carbonyl (C=O) groups is 1. The zero-order chi connectivity index (χ0) is 10.3. The molecule has 76 valence electrons. The van der Waals surface area contributed by atoms with Crippen LogP contribution in [0.3, 0.4) is 0 Å². The van der Waals surface area contributed by atoms with Crippen molar-refractivity contribution in [3.63, 3.8) is 0 Å². The molecule has 0 saturated carbocycles. The Morgan fingerprint density at radius 1 is 1.62 bits per heavy atom. The van der Waals surface area contributed by atoms with Crippen LogP contribution in [-0.2, 0) is 9.53 Å². The Morgan fingerprint density at radius 3 is 2.69 bits per heavy atom. The van der Waals surface area contributed by atoms with Gasteiger partial charge >= 0.3 is 0 Å². The van der Waals surface area contributed by atoms with Gasteiger partial charge in [-0.05, 0) is 20.8 Å². The van der Waals surface area contributed by atoms with E-state index in [9.17, 15) is 4.79 Å². The van der Waals surface area contributed by atoms with E-state index in [1.807, 2.05) is 19.1 Å². The Balaban J connectivity index is 3.81. The molecule has 0 atom stereocenters. The number of nitrogens with one attached hydrogen (secondary N) is 1. The number of nitrogens with two attached hydrogens (primary N) is 1. The zero-order valence-electron chi connectivity index (χ0n) is 8.46. The second-order valence-electron chi connectivity index (χ2n) is 3.44. The lowest BCUT2D eigenvalue weighted by Crippen LogP contribution is -2.43. The summed E-state index contributed by atoms with van der Waals surface area (Å²) in [7, 11) is 0. The molecule has 0 radical (unpaired) electrons. The van der Waals surface area contributed by atoms with Gasteiger partial charge in [-0.2, -0.15) is 0 Å². The minimum atomic E-state index is -0.573. The van der Waals surface area contributed by atoms with Gasteiger partial charge in [0.05, 0.1) is 18.6 Å². The van der Waals surface area contributed by atoms with E-state index in [0.29, 0.717) is 13.2 Å². The highest BCUT2D eigenvalue weighted by Gasteiger charge is 2.26. The highest BCUT2D eigenvalue weighted by Crippen LogP contribution is 2.14. The van der Waals surface area contributed by atoms with E-state index >= 15 is 0 Å². The van der Waals surface area contributed by atoms with Crippen molar-refractivity contribution in [1.29, 1.82) is 0 Å². The van der Waals surface area contributed by atoms with Crippen LogP contribution in [0.2, 0.25) is 0 Å². The van der Waals surface area contributed by atoms with Gasteiger partial charge in [0.1, 0.15) is 0 Å². The third-order valence-electron chi connectivity index (χ3n) is 1.66. The van der Waals surface area contributed by atoms with Crippen molar-refractivity contribution in [3.05, 3.63) is 12.2 Å². The summed E-state index contributed by atoms with van der Waals surface area (Å²) >= 11 is 0. The van der Waals surface area contributed by atoms with Crippen LogP contribution in [0.15, 0.2) is 12.2 Å². The molecule has 1 amide bonds. The molecule has 0 rings (SSSR count).